The lowest BCUT2D eigenvalue weighted by Gasteiger charge is -2.16. The standard InChI is InChI=1S/C20H19N3O2/c1-23(2)15-8-10-17(19(21)22)18(12-15)20(24)25-16-9-7-13-5-3-4-6-14(13)11-16/h3-12H,1-2H3,(H3,21,22). The Hall–Kier alpha value is -3.34. The van der Waals surface area contributed by atoms with Crippen molar-refractivity contribution < 1.29 is 9.53 Å². The minimum Gasteiger partial charge on any atom is -0.423 e. The molecule has 0 spiro atoms. The van der Waals surface area contributed by atoms with Crippen LogP contribution < -0.4 is 15.4 Å². The van der Waals surface area contributed by atoms with Crippen molar-refractivity contribution in [2.75, 3.05) is 19.0 Å². The summed E-state index contributed by atoms with van der Waals surface area (Å²) >= 11 is 0. The van der Waals surface area contributed by atoms with E-state index in [4.69, 9.17) is 15.9 Å². The molecule has 5 heteroatoms. The average molecular weight is 333 g/mol. The number of hydrogen-bond donors (Lipinski definition) is 2. The number of rotatable bonds is 4. The summed E-state index contributed by atoms with van der Waals surface area (Å²) in [6.45, 7) is 0. The van der Waals surface area contributed by atoms with Gasteiger partial charge in [-0.1, -0.05) is 30.3 Å². The van der Waals surface area contributed by atoms with Gasteiger partial charge in [-0.2, -0.15) is 0 Å². The molecule has 0 aromatic heterocycles. The van der Waals surface area contributed by atoms with Crippen LogP contribution in [0, 0.1) is 5.41 Å². The first kappa shape index (κ1) is 16.5. The first-order valence-corrected chi connectivity index (χ1v) is 7.82. The molecule has 0 saturated carbocycles. The van der Waals surface area contributed by atoms with E-state index in [0.717, 1.165) is 16.5 Å². The van der Waals surface area contributed by atoms with Crippen LogP contribution in [0.2, 0.25) is 0 Å². The van der Waals surface area contributed by atoms with E-state index in [2.05, 4.69) is 0 Å². The number of nitrogen functional groups attached to an aromatic ring is 1. The second-order valence-electron chi connectivity index (χ2n) is 5.94. The third kappa shape index (κ3) is 3.45. The molecule has 0 fully saturated rings. The van der Waals surface area contributed by atoms with Crippen LogP contribution in [0.5, 0.6) is 5.75 Å². The third-order valence-electron chi connectivity index (χ3n) is 3.96. The summed E-state index contributed by atoms with van der Waals surface area (Å²) < 4.78 is 5.52. The minimum absolute atomic E-state index is 0.171. The molecule has 25 heavy (non-hydrogen) atoms. The normalized spacial score (nSPS) is 10.5. The summed E-state index contributed by atoms with van der Waals surface area (Å²) in [5.74, 6) is -0.256. The number of nitrogens with two attached hydrogens (primary N) is 1. The van der Waals surface area contributed by atoms with Crippen molar-refractivity contribution in [1.29, 1.82) is 5.41 Å². The number of benzene rings is 3. The molecule has 0 atom stereocenters. The Balaban J connectivity index is 1.96. The Morgan fingerprint density at radius 1 is 0.960 bits per heavy atom. The first-order valence-electron chi connectivity index (χ1n) is 7.82. The van der Waals surface area contributed by atoms with Gasteiger partial charge in [-0.3, -0.25) is 5.41 Å². The predicted octanol–water partition coefficient (Wildman–Crippen LogP) is 3.41. The maximum absolute atomic E-state index is 12.7. The predicted molar refractivity (Wildman–Crippen MR) is 101 cm³/mol. The van der Waals surface area contributed by atoms with E-state index in [1.165, 1.54) is 0 Å². The minimum atomic E-state index is -0.538. The number of esters is 1. The fraction of sp³-hybridized carbons (Fsp3) is 0.100. The van der Waals surface area contributed by atoms with Gasteiger partial charge in [0, 0.05) is 25.3 Å². The number of anilines is 1. The lowest BCUT2D eigenvalue weighted by molar-refractivity contribution is 0.0735. The van der Waals surface area contributed by atoms with E-state index in [0.29, 0.717) is 11.3 Å². The molecule has 0 aliphatic carbocycles. The van der Waals surface area contributed by atoms with Crippen molar-refractivity contribution in [2.45, 2.75) is 0 Å². The molecular weight excluding hydrogens is 314 g/mol. The van der Waals surface area contributed by atoms with Crippen LogP contribution >= 0.6 is 0 Å². The smallest absolute Gasteiger partial charge is 0.344 e. The summed E-state index contributed by atoms with van der Waals surface area (Å²) in [4.78, 5) is 14.5. The number of carbonyl (C=O) groups excluding carboxylic acids is 1. The Morgan fingerprint density at radius 2 is 1.68 bits per heavy atom. The maximum atomic E-state index is 12.7. The Kier molecular flexibility index (Phi) is 4.39. The van der Waals surface area contributed by atoms with E-state index in [1.807, 2.05) is 61.5 Å². The number of nitrogens with zero attached hydrogens (tertiary/aromatic N) is 1. The Labute approximate surface area is 146 Å². The fourth-order valence-corrected chi connectivity index (χ4v) is 2.61. The van der Waals surface area contributed by atoms with Gasteiger partial charge < -0.3 is 15.4 Å². The second kappa shape index (κ2) is 6.65. The number of carbonyl (C=O) groups is 1. The van der Waals surface area contributed by atoms with Crippen LogP contribution in [0.4, 0.5) is 5.69 Å². The van der Waals surface area contributed by atoms with Gasteiger partial charge in [0.2, 0.25) is 0 Å². The third-order valence-corrected chi connectivity index (χ3v) is 3.96. The summed E-state index contributed by atoms with van der Waals surface area (Å²) in [6, 6.07) is 18.5. The second-order valence-corrected chi connectivity index (χ2v) is 5.94. The van der Waals surface area contributed by atoms with E-state index in [-0.39, 0.29) is 11.4 Å². The highest BCUT2D eigenvalue weighted by molar-refractivity contribution is 6.07. The van der Waals surface area contributed by atoms with Gasteiger partial charge in [-0.25, -0.2) is 4.79 Å². The van der Waals surface area contributed by atoms with E-state index in [9.17, 15) is 4.79 Å². The highest BCUT2D eigenvalue weighted by Crippen LogP contribution is 2.23. The van der Waals surface area contributed by atoms with E-state index < -0.39 is 5.97 Å². The molecule has 0 aliphatic heterocycles. The fourth-order valence-electron chi connectivity index (χ4n) is 2.61. The monoisotopic (exact) mass is 333 g/mol. The summed E-state index contributed by atoms with van der Waals surface area (Å²) in [7, 11) is 3.75. The average Bonchev–Trinajstić information content (AvgIpc) is 2.60. The molecule has 3 rings (SSSR count). The van der Waals surface area contributed by atoms with Crippen LogP contribution in [0.3, 0.4) is 0 Å². The summed E-state index contributed by atoms with van der Waals surface area (Å²) in [6.07, 6.45) is 0. The molecule has 0 amide bonds. The zero-order valence-corrected chi connectivity index (χ0v) is 14.1. The Bertz CT molecular complexity index is 964. The zero-order chi connectivity index (χ0) is 18.0. The molecule has 0 radical (unpaired) electrons. The van der Waals surface area contributed by atoms with Gasteiger partial charge in [0.1, 0.15) is 11.6 Å². The lowest BCUT2D eigenvalue weighted by atomic mass is 10.1. The van der Waals surface area contributed by atoms with Crippen molar-refractivity contribution in [1.82, 2.24) is 0 Å². The lowest BCUT2D eigenvalue weighted by Crippen LogP contribution is -2.20. The van der Waals surface area contributed by atoms with Crippen molar-refractivity contribution in [2.24, 2.45) is 5.73 Å². The molecule has 0 bridgehead atoms. The molecule has 3 aromatic rings. The van der Waals surface area contributed by atoms with Crippen LogP contribution in [-0.4, -0.2) is 25.9 Å². The number of nitrogens with one attached hydrogen (secondary N) is 1. The number of amidine groups is 1. The summed E-state index contributed by atoms with van der Waals surface area (Å²) in [5, 5.41) is 9.75. The van der Waals surface area contributed by atoms with Gasteiger partial charge in [-0.15, -0.1) is 0 Å². The Morgan fingerprint density at radius 3 is 2.36 bits per heavy atom. The highest BCUT2D eigenvalue weighted by Gasteiger charge is 2.17. The SMILES string of the molecule is CN(C)c1ccc(C(=N)N)c(C(=O)Oc2ccc3ccccc3c2)c1. The maximum Gasteiger partial charge on any atom is 0.344 e. The van der Waals surface area contributed by atoms with Gasteiger partial charge in [0.15, 0.2) is 0 Å². The first-order chi connectivity index (χ1) is 12.0. The van der Waals surface area contributed by atoms with Gasteiger partial charge in [0.25, 0.3) is 0 Å². The van der Waals surface area contributed by atoms with Crippen molar-refractivity contribution >= 4 is 28.3 Å². The van der Waals surface area contributed by atoms with Crippen LogP contribution in [0.25, 0.3) is 10.8 Å². The molecule has 126 valence electrons. The van der Waals surface area contributed by atoms with Crippen LogP contribution in [0.1, 0.15) is 15.9 Å². The number of fused-ring (bicyclic) bond motifs is 1. The molecule has 0 heterocycles. The zero-order valence-electron chi connectivity index (χ0n) is 14.1. The number of hydrogen-bond acceptors (Lipinski definition) is 4. The van der Waals surface area contributed by atoms with E-state index in [1.54, 1.807) is 18.2 Å². The van der Waals surface area contributed by atoms with Gasteiger partial charge in [0.05, 0.1) is 5.56 Å². The quantitative estimate of drug-likeness (QED) is 0.332. The molecule has 0 aliphatic rings. The molecule has 5 nitrogen and oxygen atoms in total. The molecular formula is C20H19N3O2. The molecule has 0 saturated heterocycles. The van der Waals surface area contributed by atoms with Crippen molar-refractivity contribution in [3.8, 4) is 5.75 Å². The van der Waals surface area contributed by atoms with Gasteiger partial charge in [-0.05, 0) is 41.1 Å². The largest absolute Gasteiger partial charge is 0.423 e. The van der Waals surface area contributed by atoms with Gasteiger partial charge >= 0.3 is 5.97 Å². The van der Waals surface area contributed by atoms with Crippen LogP contribution in [-0.2, 0) is 0 Å². The van der Waals surface area contributed by atoms with E-state index >= 15 is 0 Å². The highest BCUT2D eigenvalue weighted by atomic mass is 16.5. The van der Waals surface area contributed by atoms with Crippen molar-refractivity contribution in [3.63, 3.8) is 0 Å². The van der Waals surface area contributed by atoms with Crippen molar-refractivity contribution in [3.05, 3.63) is 71.8 Å². The summed E-state index contributed by atoms with van der Waals surface area (Å²) in [5.41, 5.74) is 7.07. The molecule has 3 aromatic carbocycles. The topological polar surface area (TPSA) is 79.4 Å². The van der Waals surface area contributed by atoms with Crippen LogP contribution in [0.15, 0.2) is 60.7 Å². The molecule has 0 unspecified atom stereocenters. The number of ether oxygens (including phenoxy) is 1. The molecule has 3 N–H and O–H groups in total.